The molecule has 0 amide bonds. The van der Waals surface area contributed by atoms with Crippen molar-refractivity contribution in [3.63, 3.8) is 0 Å². The third kappa shape index (κ3) is 2.58. The van der Waals surface area contributed by atoms with Crippen LogP contribution in [0.15, 0.2) is 18.3 Å². The molecule has 1 aromatic carbocycles. The number of nitrogens with two attached hydrogens (primary N) is 1. The number of nitrogens with one attached hydrogen (secondary N) is 2. The van der Waals surface area contributed by atoms with Crippen molar-refractivity contribution in [1.82, 2.24) is 10.2 Å². The van der Waals surface area contributed by atoms with Crippen molar-refractivity contribution in [2.45, 2.75) is 12.2 Å². The average Bonchev–Trinajstić information content (AvgIpc) is 2.72. The number of hydrogen-bond donors (Lipinski definition) is 3. The first-order valence-electron chi connectivity index (χ1n) is 5.36. The lowest BCUT2D eigenvalue weighted by molar-refractivity contribution is 0.679. The van der Waals surface area contributed by atoms with E-state index in [9.17, 15) is 4.21 Å². The van der Waals surface area contributed by atoms with Gasteiger partial charge in [0.25, 0.3) is 0 Å². The van der Waals surface area contributed by atoms with E-state index >= 15 is 0 Å². The van der Waals surface area contributed by atoms with Gasteiger partial charge in [0.1, 0.15) is 0 Å². The molecule has 0 saturated heterocycles. The van der Waals surface area contributed by atoms with E-state index in [0.717, 1.165) is 16.6 Å². The van der Waals surface area contributed by atoms with Crippen molar-refractivity contribution in [1.29, 1.82) is 0 Å². The molecule has 1 heterocycles. The third-order valence-electron chi connectivity index (χ3n) is 2.76. The highest BCUT2D eigenvalue weighted by Gasteiger charge is 2.08. The molecule has 2 unspecified atom stereocenters. The van der Waals surface area contributed by atoms with Gasteiger partial charge in [0.15, 0.2) is 0 Å². The Labute approximate surface area is 102 Å². The van der Waals surface area contributed by atoms with Crippen LogP contribution in [-0.2, 0) is 10.8 Å². The molecular formula is C11H16N4OS. The number of nitrogens with zero attached hydrogens (tertiary/aromatic N) is 1. The van der Waals surface area contributed by atoms with Crippen LogP contribution in [0.25, 0.3) is 10.9 Å². The standard InChI is InChI=1S/C11H16N4OS/c1-7(17(2)16)5-13-11-4-10-8(3-9(11)12)6-14-15-10/h3-4,6-7,13H,5,12H2,1-2H3,(H,14,15). The van der Waals surface area contributed by atoms with Crippen LogP contribution in [0.2, 0.25) is 0 Å². The Balaban J connectivity index is 2.17. The summed E-state index contributed by atoms with van der Waals surface area (Å²) in [5.74, 6) is 0. The molecule has 0 bridgehead atoms. The average molecular weight is 252 g/mol. The van der Waals surface area contributed by atoms with Crippen LogP contribution < -0.4 is 11.1 Å². The quantitative estimate of drug-likeness (QED) is 0.717. The van der Waals surface area contributed by atoms with Crippen molar-refractivity contribution in [3.05, 3.63) is 18.3 Å². The van der Waals surface area contributed by atoms with Gasteiger partial charge < -0.3 is 11.1 Å². The van der Waals surface area contributed by atoms with Gasteiger partial charge in [-0.3, -0.25) is 9.31 Å². The Morgan fingerprint density at radius 2 is 2.35 bits per heavy atom. The maximum atomic E-state index is 11.2. The Morgan fingerprint density at radius 1 is 1.59 bits per heavy atom. The summed E-state index contributed by atoms with van der Waals surface area (Å²) < 4.78 is 11.2. The fraction of sp³-hybridized carbons (Fsp3) is 0.364. The molecule has 2 rings (SSSR count). The molecule has 0 radical (unpaired) electrons. The second kappa shape index (κ2) is 4.75. The highest BCUT2D eigenvalue weighted by molar-refractivity contribution is 7.84. The van der Waals surface area contributed by atoms with Crippen LogP contribution in [0, 0.1) is 0 Å². The SMILES string of the molecule is CC(CNc1cc2[nH]ncc2cc1N)S(C)=O. The first kappa shape index (κ1) is 11.9. The van der Waals surface area contributed by atoms with Gasteiger partial charge in [0.05, 0.1) is 23.1 Å². The fourth-order valence-electron chi connectivity index (χ4n) is 1.53. The van der Waals surface area contributed by atoms with Crippen LogP contribution >= 0.6 is 0 Å². The molecule has 2 aromatic rings. The van der Waals surface area contributed by atoms with E-state index in [1.54, 1.807) is 12.5 Å². The number of rotatable bonds is 4. The van der Waals surface area contributed by atoms with Gasteiger partial charge in [-0.05, 0) is 19.1 Å². The topological polar surface area (TPSA) is 83.8 Å². The van der Waals surface area contributed by atoms with Crippen LogP contribution in [0.1, 0.15) is 6.92 Å². The Hall–Kier alpha value is -1.56. The number of benzene rings is 1. The van der Waals surface area contributed by atoms with Gasteiger partial charge >= 0.3 is 0 Å². The van der Waals surface area contributed by atoms with Gasteiger partial charge in [-0.15, -0.1) is 0 Å². The Bertz CT molecular complexity index is 551. The van der Waals surface area contributed by atoms with Crippen LogP contribution in [0.5, 0.6) is 0 Å². The number of fused-ring (bicyclic) bond motifs is 1. The van der Waals surface area contributed by atoms with E-state index in [0.29, 0.717) is 12.2 Å². The largest absolute Gasteiger partial charge is 0.397 e. The summed E-state index contributed by atoms with van der Waals surface area (Å²) >= 11 is 0. The highest BCUT2D eigenvalue weighted by atomic mass is 32.2. The summed E-state index contributed by atoms with van der Waals surface area (Å²) in [6, 6.07) is 3.79. The lowest BCUT2D eigenvalue weighted by atomic mass is 10.2. The summed E-state index contributed by atoms with van der Waals surface area (Å²) in [6.07, 6.45) is 3.44. The molecule has 0 aliphatic heterocycles. The molecule has 0 aliphatic carbocycles. The summed E-state index contributed by atoms with van der Waals surface area (Å²) in [4.78, 5) is 0. The van der Waals surface area contributed by atoms with Crippen molar-refractivity contribution in [3.8, 4) is 0 Å². The molecule has 6 heteroatoms. The van der Waals surface area contributed by atoms with Crippen LogP contribution in [-0.4, -0.2) is 32.5 Å². The minimum atomic E-state index is -0.833. The molecule has 0 saturated carbocycles. The van der Waals surface area contributed by atoms with E-state index in [2.05, 4.69) is 15.5 Å². The third-order valence-corrected chi connectivity index (χ3v) is 4.06. The number of H-pyrrole nitrogens is 1. The molecule has 0 fully saturated rings. The maximum absolute atomic E-state index is 11.2. The molecule has 17 heavy (non-hydrogen) atoms. The zero-order valence-corrected chi connectivity index (χ0v) is 10.7. The number of aromatic amines is 1. The van der Waals surface area contributed by atoms with Crippen molar-refractivity contribution >= 4 is 33.1 Å². The summed E-state index contributed by atoms with van der Waals surface area (Å²) in [5.41, 5.74) is 8.39. The van der Waals surface area contributed by atoms with Gasteiger partial charge in [-0.2, -0.15) is 5.10 Å². The van der Waals surface area contributed by atoms with Crippen molar-refractivity contribution in [2.75, 3.05) is 23.9 Å². The molecule has 5 nitrogen and oxygen atoms in total. The second-order valence-electron chi connectivity index (χ2n) is 4.09. The fourth-order valence-corrected chi connectivity index (χ4v) is 1.85. The summed E-state index contributed by atoms with van der Waals surface area (Å²) in [5, 5.41) is 11.1. The zero-order chi connectivity index (χ0) is 12.4. The van der Waals surface area contributed by atoms with E-state index in [-0.39, 0.29) is 5.25 Å². The molecule has 0 aliphatic rings. The number of nitrogen functional groups attached to an aromatic ring is 1. The first-order chi connectivity index (χ1) is 8.08. The highest BCUT2D eigenvalue weighted by Crippen LogP contribution is 2.24. The van der Waals surface area contributed by atoms with Gasteiger partial charge in [-0.25, -0.2) is 0 Å². The summed E-state index contributed by atoms with van der Waals surface area (Å²) in [7, 11) is -0.833. The first-order valence-corrected chi connectivity index (χ1v) is 6.98. The van der Waals surface area contributed by atoms with Crippen LogP contribution in [0.4, 0.5) is 11.4 Å². The maximum Gasteiger partial charge on any atom is 0.0672 e. The number of hydrogen-bond acceptors (Lipinski definition) is 4. The van der Waals surface area contributed by atoms with Crippen LogP contribution in [0.3, 0.4) is 0 Å². The number of anilines is 2. The second-order valence-corrected chi connectivity index (χ2v) is 5.89. The molecule has 0 spiro atoms. The smallest absolute Gasteiger partial charge is 0.0672 e. The van der Waals surface area contributed by atoms with Crippen molar-refractivity contribution < 1.29 is 4.21 Å². The molecular weight excluding hydrogens is 236 g/mol. The number of aromatic nitrogens is 2. The molecule has 4 N–H and O–H groups in total. The normalized spacial score (nSPS) is 14.7. The van der Waals surface area contributed by atoms with E-state index < -0.39 is 10.8 Å². The lowest BCUT2D eigenvalue weighted by Gasteiger charge is -2.13. The Morgan fingerprint density at radius 3 is 3.06 bits per heavy atom. The molecule has 2 atom stereocenters. The van der Waals surface area contributed by atoms with Gasteiger partial charge in [0, 0.05) is 34.2 Å². The van der Waals surface area contributed by atoms with E-state index in [1.807, 2.05) is 19.1 Å². The molecule has 1 aromatic heterocycles. The minimum Gasteiger partial charge on any atom is -0.397 e. The van der Waals surface area contributed by atoms with E-state index in [1.165, 1.54) is 0 Å². The Kier molecular flexibility index (Phi) is 3.33. The van der Waals surface area contributed by atoms with Gasteiger partial charge in [-0.1, -0.05) is 0 Å². The summed E-state index contributed by atoms with van der Waals surface area (Å²) in [6.45, 7) is 2.57. The zero-order valence-electron chi connectivity index (χ0n) is 9.86. The van der Waals surface area contributed by atoms with Crippen molar-refractivity contribution in [2.24, 2.45) is 0 Å². The predicted octanol–water partition coefficient (Wildman–Crippen LogP) is 1.32. The minimum absolute atomic E-state index is 0.0897. The van der Waals surface area contributed by atoms with E-state index in [4.69, 9.17) is 5.73 Å². The predicted molar refractivity (Wildman–Crippen MR) is 72.5 cm³/mol. The molecule has 92 valence electrons. The lowest BCUT2D eigenvalue weighted by Crippen LogP contribution is -2.21. The van der Waals surface area contributed by atoms with Gasteiger partial charge in [0.2, 0.25) is 0 Å². The monoisotopic (exact) mass is 252 g/mol.